The number of rotatable bonds is 11. The zero-order valence-corrected chi connectivity index (χ0v) is 23.4. The Morgan fingerprint density at radius 3 is 2.42 bits per heavy atom. The Bertz CT molecular complexity index is 1230. The molecule has 3 fully saturated rings. The maximum atomic E-state index is 14.2. The molecule has 40 heavy (non-hydrogen) atoms. The SMILES string of the molecule is CCOc1ccc(NC(=O)[C@H]2[C@H]3C(=O)N([C@@H](CC)CO)C(C(=O)NCc4ccccc4)C34CC[C@]2(CC)O4)cc1. The van der Waals surface area contributed by atoms with Gasteiger partial charge in [-0.3, -0.25) is 14.4 Å². The number of nitrogens with zero attached hydrogens (tertiary/aromatic N) is 1. The summed E-state index contributed by atoms with van der Waals surface area (Å²) in [6.45, 7) is 6.30. The lowest BCUT2D eigenvalue weighted by molar-refractivity contribution is -0.150. The molecule has 3 saturated heterocycles. The fourth-order valence-corrected chi connectivity index (χ4v) is 7.06. The summed E-state index contributed by atoms with van der Waals surface area (Å²) < 4.78 is 12.3. The molecule has 3 amide bonds. The number of ether oxygens (including phenoxy) is 2. The summed E-state index contributed by atoms with van der Waals surface area (Å²) in [5.74, 6) is -1.82. The van der Waals surface area contributed by atoms with E-state index in [1.165, 1.54) is 4.90 Å². The van der Waals surface area contributed by atoms with Gasteiger partial charge in [-0.1, -0.05) is 44.2 Å². The second-order valence-corrected chi connectivity index (χ2v) is 11.0. The van der Waals surface area contributed by atoms with Crippen molar-refractivity contribution >= 4 is 23.4 Å². The molecule has 3 N–H and O–H groups in total. The highest BCUT2D eigenvalue weighted by atomic mass is 16.5. The molecule has 2 aromatic rings. The van der Waals surface area contributed by atoms with Crippen molar-refractivity contribution in [3.05, 3.63) is 60.2 Å². The number of aliphatic hydroxyl groups excluding tert-OH is 1. The minimum absolute atomic E-state index is 0.282. The molecule has 2 aromatic carbocycles. The number of nitrogens with one attached hydrogen (secondary N) is 2. The van der Waals surface area contributed by atoms with Crippen molar-refractivity contribution in [1.29, 1.82) is 0 Å². The van der Waals surface area contributed by atoms with E-state index in [2.05, 4.69) is 10.6 Å². The zero-order valence-electron chi connectivity index (χ0n) is 23.4. The van der Waals surface area contributed by atoms with Crippen LogP contribution < -0.4 is 15.4 Å². The lowest BCUT2D eigenvalue weighted by Gasteiger charge is -2.37. The van der Waals surface area contributed by atoms with Gasteiger partial charge in [-0.2, -0.15) is 0 Å². The van der Waals surface area contributed by atoms with E-state index in [4.69, 9.17) is 9.47 Å². The molecule has 0 aromatic heterocycles. The molecule has 0 radical (unpaired) electrons. The fourth-order valence-electron chi connectivity index (χ4n) is 7.06. The summed E-state index contributed by atoms with van der Waals surface area (Å²) >= 11 is 0. The van der Waals surface area contributed by atoms with E-state index in [0.29, 0.717) is 50.3 Å². The molecular formula is C31H39N3O6. The first-order valence-electron chi connectivity index (χ1n) is 14.3. The standard InChI is InChI=1S/C31H39N3O6/c1-4-22(19-35)34-26(28(37)32-18-20-10-8-7-9-11-20)31-17-16-30(5-2,40-31)24(25(31)29(34)38)27(36)33-21-12-14-23(15-13-21)39-6-3/h7-15,22,24-26,35H,4-6,16-19H2,1-3H3,(H,32,37)(H,33,36)/t22-,24+,25-,26?,30-,31?/m0/s1. The van der Waals surface area contributed by atoms with Gasteiger partial charge in [-0.25, -0.2) is 0 Å². The maximum absolute atomic E-state index is 14.2. The van der Waals surface area contributed by atoms with Crippen molar-refractivity contribution in [3.8, 4) is 5.75 Å². The first-order chi connectivity index (χ1) is 19.3. The number of benzene rings is 2. The van der Waals surface area contributed by atoms with Gasteiger partial charge in [0.1, 0.15) is 17.4 Å². The van der Waals surface area contributed by atoms with Gasteiger partial charge in [-0.05, 0) is 62.4 Å². The Labute approximate surface area is 235 Å². The number of anilines is 1. The predicted molar refractivity (Wildman–Crippen MR) is 149 cm³/mol. The predicted octanol–water partition coefficient (Wildman–Crippen LogP) is 3.27. The lowest BCUT2D eigenvalue weighted by atomic mass is 9.65. The van der Waals surface area contributed by atoms with Gasteiger partial charge in [0.15, 0.2) is 0 Å². The van der Waals surface area contributed by atoms with Crippen LogP contribution in [0.5, 0.6) is 5.75 Å². The number of likely N-dealkylation sites (tertiary alicyclic amines) is 1. The Morgan fingerprint density at radius 1 is 1.07 bits per heavy atom. The van der Waals surface area contributed by atoms with Crippen LogP contribution in [0.4, 0.5) is 5.69 Å². The van der Waals surface area contributed by atoms with E-state index < -0.39 is 35.1 Å². The molecule has 3 heterocycles. The van der Waals surface area contributed by atoms with Crippen LogP contribution in [0.1, 0.15) is 52.0 Å². The second-order valence-electron chi connectivity index (χ2n) is 11.0. The fraction of sp³-hybridized carbons (Fsp3) is 0.516. The summed E-state index contributed by atoms with van der Waals surface area (Å²) in [5.41, 5.74) is -0.459. The molecule has 2 bridgehead atoms. The summed E-state index contributed by atoms with van der Waals surface area (Å²) in [7, 11) is 0. The highest BCUT2D eigenvalue weighted by Gasteiger charge is 2.79. The van der Waals surface area contributed by atoms with Gasteiger partial charge in [0.05, 0.1) is 36.7 Å². The van der Waals surface area contributed by atoms with Crippen molar-refractivity contribution in [2.45, 2.75) is 76.3 Å². The van der Waals surface area contributed by atoms with Crippen molar-refractivity contribution in [2.24, 2.45) is 11.8 Å². The molecule has 3 aliphatic rings. The molecule has 1 spiro atoms. The molecule has 3 aliphatic heterocycles. The smallest absolute Gasteiger partial charge is 0.246 e. The molecule has 9 nitrogen and oxygen atoms in total. The van der Waals surface area contributed by atoms with Gasteiger partial charge < -0.3 is 30.1 Å². The van der Waals surface area contributed by atoms with Crippen LogP contribution in [0, 0.1) is 11.8 Å². The number of aliphatic hydroxyl groups is 1. The summed E-state index contributed by atoms with van der Waals surface area (Å²) in [6, 6.07) is 15.2. The highest BCUT2D eigenvalue weighted by Crippen LogP contribution is 2.64. The number of amides is 3. The van der Waals surface area contributed by atoms with Gasteiger partial charge in [0.25, 0.3) is 0 Å². The van der Waals surface area contributed by atoms with Crippen molar-refractivity contribution in [2.75, 3.05) is 18.5 Å². The number of fused-ring (bicyclic) bond motifs is 1. The molecule has 214 valence electrons. The van der Waals surface area contributed by atoms with E-state index >= 15 is 0 Å². The van der Waals surface area contributed by atoms with Crippen molar-refractivity contribution < 1.29 is 29.0 Å². The van der Waals surface area contributed by atoms with Crippen LogP contribution in [0.25, 0.3) is 0 Å². The topological polar surface area (TPSA) is 117 Å². The molecule has 6 atom stereocenters. The van der Waals surface area contributed by atoms with Crippen molar-refractivity contribution in [1.82, 2.24) is 10.2 Å². The first kappa shape index (κ1) is 28.1. The Morgan fingerprint density at radius 2 is 1.80 bits per heavy atom. The average Bonchev–Trinajstić information content (AvgIpc) is 3.58. The number of carbonyl (C=O) groups excluding carboxylic acids is 3. The van der Waals surface area contributed by atoms with E-state index in [-0.39, 0.29) is 24.3 Å². The Kier molecular flexibility index (Phi) is 7.88. The highest BCUT2D eigenvalue weighted by molar-refractivity contribution is 6.02. The molecule has 2 unspecified atom stereocenters. The van der Waals surface area contributed by atoms with Gasteiger partial charge >= 0.3 is 0 Å². The van der Waals surface area contributed by atoms with E-state index in [0.717, 1.165) is 5.56 Å². The van der Waals surface area contributed by atoms with E-state index in [1.54, 1.807) is 24.3 Å². The third-order valence-electron chi connectivity index (χ3n) is 8.97. The first-order valence-corrected chi connectivity index (χ1v) is 14.3. The van der Waals surface area contributed by atoms with Crippen LogP contribution >= 0.6 is 0 Å². The van der Waals surface area contributed by atoms with Crippen LogP contribution in [-0.4, -0.2) is 64.2 Å². The minimum atomic E-state index is -1.14. The van der Waals surface area contributed by atoms with Crippen molar-refractivity contribution in [3.63, 3.8) is 0 Å². The normalized spacial score (nSPS) is 29.2. The van der Waals surface area contributed by atoms with Crippen LogP contribution in [0.15, 0.2) is 54.6 Å². The second kappa shape index (κ2) is 11.2. The summed E-state index contributed by atoms with van der Waals surface area (Å²) in [5, 5.41) is 16.2. The molecule has 9 heteroatoms. The summed E-state index contributed by atoms with van der Waals surface area (Å²) in [6.07, 6.45) is 2.07. The summed E-state index contributed by atoms with van der Waals surface area (Å²) in [4.78, 5) is 43.6. The van der Waals surface area contributed by atoms with Gasteiger partial charge in [-0.15, -0.1) is 0 Å². The molecule has 0 saturated carbocycles. The van der Waals surface area contributed by atoms with Gasteiger partial charge in [0.2, 0.25) is 17.7 Å². The van der Waals surface area contributed by atoms with Crippen LogP contribution in [0.3, 0.4) is 0 Å². The Balaban J connectivity index is 1.47. The average molecular weight is 550 g/mol. The van der Waals surface area contributed by atoms with E-state index in [9.17, 15) is 19.5 Å². The number of carbonyl (C=O) groups is 3. The molecule has 5 rings (SSSR count). The number of hydrogen-bond acceptors (Lipinski definition) is 6. The largest absolute Gasteiger partial charge is 0.494 e. The maximum Gasteiger partial charge on any atom is 0.246 e. The van der Waals surface area contributed by atoms with Gasteiger partial charge in [0, 0.05) is 12.2 Å². The monoisotopic (exact) mass is 549 g/mol. The quantitative estimate of drug-likeness (QED) is 0.396. The zero-order chi connectivity index (χ0) is 28.5. The third-order valence-corrected chi connectivity index (χ3v) is 8.97. The molecular weight excluding hydrogens is 510 g/mol. The van der Waals surface area contributed by atoms with Crippen LogP contribution in [-0.2, 0) is 25.7 Å². The molecule has 0 aliphatic carbocycles. The third kappa shape index (κ3) is 4.55. The van der Waals surface area contributed by atoms with E-state index in [1.807, 2.05) is 51.1 Å². The number of hydrogen-bond donors (Lipinski definition) is 3. The lowest BCUT2D eigenvalue weighted by Crippen LogP contribution is -2.57. The van der Waals surface area contributed by atoms with Crippen LogP contribution in [0.2, 0.25) is 0 Å². The minimum Gasteiger partial charge on any atom is -0.494 e. The Hall–Kier alpha value is -3.43.